The van der Waals surface area contributed by atoms with E-state index in [0.29, 0.717) is 35.4 Å². The van der Waals surface area contributed by atoms with Gasteiger partial charge in [0.25, 0.3) is 0 Å². The van der Waals surface area contributed by atoms with E-state index in [4.69, 9.17) is 0 Å². The van der Waals surface area contributed by atoms with Gasteiger partial charge in [0, 0.05) is 21.1 Å². The lowest BCUT2D eigenvalue weighted by molar-refractivity contribution is -0.232. The van der Waals surface area contributed by atoms with Crippen molar-refractivity contribution in [1.29, 1.82) is 0 Å². The van der Waals surface area contributed by atoms with Crippen LogP contribution in [-0.4, -0.2) is 11.7 Å². The number of carbonyl (C=O) groups excluding carboxylic acids is 2. The third kappa shape index (κ3) is 3.78. The molecule has 0 bridgehead atoms. The number of benzene rings is 1. The molecule has 0 saturated heterocycles. The summed E-state index contributed by atoms with van der Waals surface area (Å²) >= 11 is 2.32. The zero-order valence-corrected chi connectivity index (χ0v) is 27.8. The summed E-state index contributed by atoms with van der Waals surface area (Å²) in [6.07, 6.45) is 10.8. The molecular weight excluding hydrogens is 605 g/mol. The average molecular weight is 656 g/mol. The van der Waals surface area contributed by atoms with Gasteiger partial charge in [-0.1, -0.05) is 46.8 Å². The summed E-state index contributed by atoms with van der Waals surface area (Å²) < 4.78 is 1.18. The number of Topliss-reactive ketones (excluding diaryl/α,β-unsaturated/α-hetero) is 1. The fourth-order valence-electron chi connectivity index (χ4n) is 12.1. The number of ketones is 1. The number of amides is 1. The summed E-state index contributed by atoms with van der Waals surface area (Å²) in [7, 11) is 0. The summed E-state index contributed by atoms with van der Waals surface area (Å²) in [5.74, 6) is 3.18. The van der Waals surface area contributed by atoms with Crippen molar-refractivity contribution in [2.24, 2.45) is 56.7 Å². The lowest BCUT2D eigenvalue weighted by atomic mass is 9.32. The molecule has 40 heavy (non-hydrogen) atoms. The monoisotopic (exact) mass is 655 g/mol. The van der Waals surface area contributed by atoms with E-state index in [1.54, 1.807) is 0 Å². The number of anilines is 1. The van der Waals surface area contributed by atoms with Crippen molar-refractivity contribution in [3.05, 3.63) is 40.0 Å². The van der Waals surface area contributed by atoms with Crippen LogP contribution < -0.4 is 5.32 Å². The van der Waals surface area contributed by atoms with E-state index in [-0.39, 0.29) is 33.0 Å². The fraction of sp³-hybridized carbons (Fsp3) is 0.722. The molecule has 218 valence electrons. The van der Waals surface area contributed by atoms with Crippen molar-refractivity contribution in [1.82, 2.24) is 0 Å². The van der Waals surface area contributed by atoms with Gasteiger partial charge in [0.2, 0.25) is 5.91 Å². The third-order valence-electron chi connectivity index (χ3n) is 14.4. The molecule has 0 radical (unpaired) electrons. The summed E-state index contributed by atoms with van der Waals surface area (Å²) in [6, 6.07) is 8.25. The van der Waals surface area contributed by atoms with E-state index in [1.807, 2.05) is 12.1 Å². The highest BCUT2D eigenvalue weighted by molar-refractivity contribution is 14.1. The lowest BCUT2D eigenvalue weighted by Gasteiger charge is -2.72. The van der Waals surface area contributed by atoms with E-state index < -0.39 is 0 Å². The Morgan fingerprint density at radius 2 is 1.57 bits per heavy atom. The molecule has 1 amide bonds. The second-order valence-electron chi connectivity index (χ2n) is 15.9. The van der Waals surface area contributed by atoms with Crippen molar-refractivity contribution in [2.75, 3.05) is 5.32 Å². The van der Waals surface area contributed by atoms with Gasteiger partial charge < -0.3 is 5.32 Å². The molecule has 0 heterocycles. The van der Waals surface area contributed by atoms with Crippen molar-refractivity contribution in [3.63, 3.8) is 0 Å². The predicted molar refractivity (Wildman–Crippen MR) is 172 cm³/mol. The third-order valence-corrected chi connectivity index (χ3v) is 15.1. The zero-order valence-electron chi connectivity index (χ0n) is 25.7. The Balaban J connectivity index is 1.37. The maximum Gasteiger partial charge on any atom is 0.230 e. The van der Waals surface area contributed by atoms with Gasteiger partial charge in [0.1, 0.15) is 5.78 Å². The van der Waals surface area contributed by atoms with E-state index in [0.717, 1.165) is 50.6 Å². The van der Waals surface area contributed by atoms with E-state index >= 15 is 0 Å². The van der Waals surface area contributed by atoms with Gasteiger partial charge >= 0.3 is 0 Å². The summed E-state index contributed by atoms with van der Waals surface area (Å²) in [4.78, 5) is 27.4. The van der Waals surface area contributed by atoms with Crippen molar-refractivity contribution in [2.45, 2.75) is 106 Å². The van der Waals surface area contributed by atoms with Crippen LogP contribution in [0.2, 0.25) is 0 Å². The number of rotatable bonds is 3. The van der Waals surface area contributed by atoms with Crippen LogP contribution in [0.15, 0.2) is 36.4 Å². The largest absolute Gasteiger partial charge is 0.326 e. The van der Waals surface area contributed by atoms with Crippen LogP contribution in [0, 0.1) is 60.2 Å². The number of hydrogen-bond acceptors (Lipinski definition) is 2. The normalized spacial score (nSPS) is 45.5. The Hall–Kier alpha value is -1.17. The van der Waals surface area contributed by atoms with Gasteiger partial charge in [-0.15, -0.1) is 0 Å². The number of allylic oxidation sites excluding steroid dienone is 1. The molecule has 5 saturated carbocycles. The van der Waals surface area contributed by atoms with Gasteiger partial charge in [-0.3, -0.25) is 9.59 Å². The minimum atomic E-state index is -0.305. The first kappa shape index (κ1) is 28.9. The Bertz CT molecular complexity index is 1240. The first-order chi connectivity index (χ1) is 18.7. The number of halogens is 1. The maximum absolute atomic E-state index is 14.3. The fourth-order valence-corrected chi connectivity index (χ4v) is 12.5. The van der Waals surface area contributed by atoms with Gasteiger partial charge in [0.15, 0.2) is 0 Å². The summed E-state index contributed by atoms with van der Waals surface area (Å²) in [5.41, 5.74) is 2.33. The molecule has 6 rings (SSSR count). The molecule has 9 atom stereocenters. The predicted octanol–water partition coefficient (Wildman–Crippen LogP) is 9.46. The Morgan fingerprint density at radius 3 is 2.25 bits per heavy atom. The van der Waals surface area contributed by atoms with Crippen molar-refractivity contribution in [3.8, 4) is 0 Å². The number of hydrogen-bond donors (Lipinski definition) is 1. The van der Waals surface area contributed by atoms with Crippen LogP contribution in [0.25, 0.3) is 0 Å². The van der Waals surface area contributed by atoms with Crippen LogP contribution in [0.1, 0.15) is 106 Å². The van der Waals surface area contributed by atoms with Gasteiger partial charge in [0.05, 0.1) is 5.41 Å². The zero-order chi connectivity index (χ0) is 28.9. The van der Waals surface area contributed by atoms with E-state index in [9.17, 15) is 9.59 Å². The smallest absolute Gasteiger partial charge is 0.230 e. The van der Waals surface area contributed by atoms with E-state index in [1.165, 1.54) is 28.4 Å². The van der Waals surface area contributed by atoms with E-state index in [2.05, 4.69) is 88.2 Å². The molecule has 1 N–H and O–H groups in total. The molecular formula is C36H50INO2. The second kappa shape index (κ2) is 9.41. The van der Waals surface area contributed by atoms with Crippen LogP contribution in [0.5, 0.6) is 0 Å². The highest BCUT2D eigenvalue weighted by atomic mass is 127. The Kier molecular flexibility index (Phi) is 6.81. The van der Waals surface area contributed by atoms with Gasteiger partial charge in [-0.25, -0.2) is 0 Å². The van der Waals surface area contributed by atoms with Crippen LogP contribution in [-0.2, 0) is 9.59 Å². The molecule has 0 aliphatic heterocycles. The molecule has 4 heteroatoms. The minimum Gasteiger partial charge on any atom is -0.326 e. The molecule has 1 aromatic rings. The Morgan fingerprint density at radius 1 is 0.875 bits per heavy atom. The first-order valence-corrected chi connectivity index (χ1v) is 17.0. The Labute approximate surface area is 256 Å². The molecule has 1 aromatic carbocycles. The number of fused-ring (bicyclic) bond motifs is 7. The molecule has 0 unspecified atom stereocenters. The quantitative estimate of drug-likeness (QED) is 0.261. The van der Waals surface area contributed by atoms with Crippen molar-refractivity contribution >= 4 is 40.0 Å². The minimum absolute atomic E-state index is 0.199. The molecule has 5 aliphatic carbocycles. The SMILES string of the molecule is C=C(C)[C@@H]1CC[C@]2(C(=O)Nc3ccc(I)cc3)CC[C@]3(C)[C@H](CC[C@@H]4[C@@]5(C)CCC(=O)C(C)(C)[C@@H]5CC[C@]43C)[C@@H]12. The van der Waals surface area contributed by atoms with Crippen molar-refractivity contribution < 1.29 is 9.59 Å². The summed E-state index contributed by atoms with van der Waals surface area (Å²) in [5, 5.41) is 3.39. The molecule has 0 spiro atoms. The average Bonchev–Trinajstić information content (AvgIpc) is 3.30. The molecule has 0 aromatic heterocycles. The van der Waals surface area contributed by atoms with Gasteiger partial charge in [-0.2, -0.15) is 0 Å². The topological polar surface area (TPSA) is 46.2 Å². The molecule has 5 fully saturated rings. The maximum atomic E-state index is 14.3. The van der Waals surface area contributed by atoms with Crippen LogP contribution >= 0.6 is 22.6 Å². The molecule has 5 aliphatic rings. The van der Waals surface area contributed by atoms with Gasteiger partial charge in [-0.05, 0) is 157 Å². The standard InChI is InChI=1S/C36H50INO2/c1-22(2)25-14-19-36(31(40)38-24-10-8-23(37)9-11-24)21-20-34(6)26(30(25)36)12-13-28-33(5)17-16-29(39)32(3,4)27(33)15-18-35(28,34)7/h8-11,25-28,30H,1,12-21H2,2-7H3,(H,38,40)/t25-,26+,27-,28+,30+,33-,34+,35+,36-/m0/s1. The first-order valence-electron chi connectivity index (χ1n) is 16.0. The number of nitrogens with one attached hydrogen (secondary N) is 1. The highest BCUT2D eigenvalue weighted by Crippen LogP contribution is 2.77. The lowest BCUT2D eigenvalue weighted by Crippen LogP contribution is -2.67. The summed E-state index contributed by atoms with van der Waals surface area (Å²) in [6.45, 7) is 19.0. The van der Waals surface area contributed by atoms with Crippen LogP contribution in [0.3, 0.4) is 0 Å². The van der Waals surface area contributed by atoms with Crippen LogP contribution in [0.4, 0.5) is 5.69 Å². The number of carbonyl (C=O) groups is 2. The second-order valence-corrected chi connectivity index (χ2v) is 17.2. The molecule has 3 nitrogen and oxygen atoms in total. The highest BCUT2D eigenvalue weighted by Gasteiger charge is 2.71.